The number of hydrogen-bond donors (Lipinski definition) is 2. The molecule has 2 aliphatic rings. The highest BCUT2D eigenvalue weighted by molar-refractivity contribution is 5.85. The molecule has 0 bridgehead atoms. The summed E-state index contributed by atoms with van der Waals surface area (Å²) in [6, 6.07) is 6.13. The predicted molar refractivity (Wildman–Crippen MR) is 89.0 cm³/mol. The molecule has 2 saturated heterocycles. The van der Waals surface area contributed by atoms with Crippen molar-refractivity contribution in [1.29, 1.82) is 0 Å². The number of hydrogen-bond acceptors (Lipinski definition) is 3. The number of amides is 1. The van der Waals surface area contributed by atoms with Crippen LogP contribution in [-0.4, -0.2) is 31.7 Å². The van der Waals surface area contributed by atoms with Crippen LogP contribution in [0.2, 0.25) is 0 Å². The van der Waals surface area contributed by atoms with E-state index >= 15 is 0 Å². The highest BCUT2D eigenvalue weighted by Crippen LogP contribution is 2.28. The second-order valence-electron chi connectivity index (χ2n) is 6.30. The van der Waals surface area contributed by atoms with E-state index in [1.54, 1.807) is 12.1 Å². The first-order chi connectivity index (χ1) is 10.6. The lowest BCUT2D eigenvalue weighted by atomic mass is 9.87. The van der Waals surface area contributed by atoms with Crippen LogP contribution in [0, 0.1) is 17.7 Å². The summed E-state index contributed by atoms with van der Waals surface area (Å²) in [4.78, 5) is 12.5. The van der Waals surface area contributed by atoms with Crippen molar-refractivity contribution in [2.75, 3.05) is 19.7 Å². The van der Waals surface area contributed by atoms with Crippen molar-refractivity contribution in [3.8, 4) is 0 Å². The molecule has 2 heterocycles. The minimum atomic E-state index is -0.268. The maximum atomic E-state index is 13.2. The Balaban J connectivity index is 0.00000192. The lowest BCUT2D eigenvalue weighted by Crippen LogP contribution is -2.50. The summed E-state index contributed by atoms with van der Waals surface area (Å²) in [5.74, 6) is 0.162. The average molecular weight is 343 g/mol. The van der Waals surface area contributed by atoms with Crippen molar-refractivity contribution in [3.05, 3.63) is 35.6 Å². The second kappa shape index (κ2) is 8.08. The third-order valence-electron chi connectivity index (χ3n) is 4.80. The molecule has 128 valence electrons. The minimum Gasteiger partial charge on any atom is -0.376 e. The van der Waals surface area contributed by atoms with Crippen LogP contribution < -0.4 is 10.6 Å². The van der Waals surface area contributed by atoms with Crippen LogP contribution in [0.3, 0.4) is 0 Å². The average Bonchev–Trinajstić information content (AvgIpc) is 2.97. The standard InChI is InChI=1S/C17H23FN2O2.ClH/c1-11(13-9-19-10-13)17(21)20-16(15-3-2-8-22-15)12-4-6-14(18)7-5-12;/h4-7,11,13,15-16,19H,2-3,8-10H2,1H3,(H,20,21);1H. The zero-order valence-corrected chi connectivity index (χ0v) is 14.1. The molecule has 1 aromatic carbocycles. The number of ether oxygens (including phenoxy) is 1. The maximum Gasteiger partial charge on any atom is 0.223 e. The van der Waals surface area contributed by atoms with E-state index in [-0.39, 0.29) is 42.2 Å². The van der Waals surface area contributed by atoms with Gasteiger partial charge in [0.05, 0.1) is 12.1 Å². The second-order valence-corrected chi connectivity index (χ2v) is 6.30. The zero-order valence-electron chi connectivity index (χ0n) is 13.3. The fraction of sp³-hybridized carbons (Fsp3) is 0.588. The zero-order chi connectivity index (χ0) is 15.5. The van der Waals surface area contributed by atoms with Gasteiger partial charge in [-0.25, -0.2) is 4.39 Å². The Labute approximate surface area is 142 Å². The SMILES string of the molecule is CC(C(=O)NC(c1ccc(F)cc1)C1CCCO1)C1CNC1.Cl. The molecule has 0 saturated carbocycles. The number of carbonyl (C=O) groups is 1. The molecule has 2 fully saturated rings. The number of rotatable bonds is 5. The molecule has 2 N–H and O–H groups in total. The molecular weight excluding hydrogens is 319 g/mol. The fourth-order valence-electron chi connectivity index (χ4n) is 3.09. The molecule has 0 radical (unpaired) electrons. The van der Waals surface area contributed by atoms with Gasteiger partial charge in [0.2, 0.25) is 5.91 Å². The van der Waals surface area contributed by atoms with Gasteiger partial charge >= 0.3 is 0 Å². The Morgan fingerprint density at radius 1 is 1.35 bits per heavy atom. The Kier molecular flexibility index (Phi) is 6.39. The summed E-state index contributed by atoms with van der Waals surface area (Å²) in [7, 11) is 0. The Morgan fingerprint density at radius 3 is 2.57 bits per heavy atom. The maximum absolute atomic E-state index is 13.2. The van der Waals surface area contributed by atoms with Gasteiger partial charge in [-0.1, -0.05) is 19.1 Å². The van der Waals surface area contributed by atoms with Gasteiger partial charge in [0.25, 0.3) is 0 Å². The number of nitrogens with one attached hydrogen (secondary N) is 2. The summed E-state index contributed by atoms with van der Waals surface area (Å²) in [6.45, 7) is 4.49. The van der Waals surface area contributed by atoms with Crippen LogP contribution in [0.25, 0.3) is 0 Å². The van der Waals surface area contributed by atoms with E-state index in [4.69, 9.17) is 4.74 Å². The van der Waals surface area contributed by atoms with Crippen molar-refractivity contribution in [2.24, 2.45) is 11.8 Å². The summed E-state index contributed by atoms with van der Waals surface area (Å²) in [6.07, 6.45) is 1.89. The summed E-state index contributed by atoms with van der Waals surface area (Å²) >= 11 is 0. The van der Waals surface area contributed by atoms with Gasteiger partial charge in [-0.15, -0.1) is 12.4 Å². The van der Waals surface area contributed by atoms with Crippen LogP contribution >= 0.6 is 12.4 Å². The van der Waals surface area contributed by atoms with E-state index in [2.05, 4.69) is 10.6 Å². The van der Waals surface area contributed by atoms with E-state index in [1.807, 2.05) is 6.92 Å². The Hall–Kier alpha value is -1.17. The molecular formula is C17H24ClFN2O2. The Morgan fingerprint density at radius 2 is 2.04 bits per heavy atom. The van der Waals surface area contributed by atoms with Gasteiger partial charge in [0.1, 0.15) is 5.82 Å². The van der Waals surface area contributed by atoms with Crippen LogP contribution in [0.15, 0.2) is 24.3 Å². The van der Waals surface area contributed by atoms with E-state index in [1.165, 1.54) is 12.1 Å². The first-order valence-electron chi connectivity index (χ1n) is 8.03. The van der Waals surface area contributed by atoms with Crippen molar-refractivity contribution in [3.63, 3.8) is 0 Å². The van der Waals surface area contributed by atoms with Crippen LogP contribution in [0.1, 0.15) is 31.4 Å². The molecule has 2 aliphatic heterocycles. The summed E-state index contributed by atoms with van der Waals surface area (Å²) < 4.78 is 18.9. The lowest BCUT2D eigenvalue weighted by Gasteiger charge is -2.33. The number of carbonyl (C=O) groups excluding carboxylic acids is 1. The molecule has 1 amide bonds. The molecule has 3 atom stereocenters. The van der Waals surface area contributed by atoms with Gasteiger partial charge in [-0.05, 0) is 49.5 Å². The largest absolute Gasteiger partial charge is 0.376 e. The van der Waals surface area contributed by atoms with Gasteiger partial charge in [-0.3, -0.25) is 4.79 Å². The number of halogens is 2. The third-order valence-corrected chi connectivity index (χ3v) is 4.80. The normalized spacial score (nSPS) is 23.5. The van der Waals surface area contributed by atoms with Crippen molar-refractivity contribution >= 4 is 18.3 Å². The number of benzene rings is 1. The first-order valence-corrected chi connectivity index (χ1v) is 8.03. The highest BCUT2D eigenvalue weighted by atomic mass is 35.5. The molecule has 0 spiro atoms. The van der Waals surface area contributed by atoms with Crippen molar-refractivity contribution in [2.45, 2.75) is 31.9 Å². The van der Waals surface area contributed by atoms with Crippen LogP contribution in [0.5, 0.6) is 0 Å². The van der Waals surface area contributed by atoms with Crippen LogP contribution in [0.4, 0.5) is 4.39 Å². The molecule has 6 heteroatoms. The van der Waals surface area contributed by atoms with E-state index < -0.39 is 0 Å². The highest BCUT2D eigenvalue weighted by Gasteiger charge is 2.33. The van der Waals surface area contributed by atoms with Gasteiger partial charge in [-0.2, -0.15) is 0 Å². The third kappa shape index (κ3) is 4.22. The van der Waals surface area contributed by atoms with E-state index in [0.29, 0.717) is 5.92 Å². The first kappa shape index (κ1) is 18.2. The molecule has 1 aromatic rings. The van der Waals surface area contributed by atoms with Gasteiger partial charge in [0.15, 0.2) is 0 Å². The van der Waals surface area contributed by atoms with E-state index in [9.17, 15) is 9.18 Å². The summed E-state index contributed by atoms with van der Waals surface area (Å²) in [5.41, 5.74) is 0.903. The predicted octanol–water partition coefficient (Wildman–Crippen LogP) is 2.44. The molecule has 0 aromatic heterocycles. The molecule has 23 heavy (non-hydrogen) atoms. The Bertz CT molecular complexity index is 516. The lowest BCUT2D eigenvalue weighted by molar-refractivity contribution is -0.128. The quantitative estimate of drug-likeness (QED) is 0.864. The topological polar surface area (TPSA) is 50.4 Å². The molecule has 3 rings (SSSR count). The summed E-state index contributed by atoms with van der Waals surface area (Å²) in [5, 5.41) is 6.33. The smallest absolute Gasteiger partial charge is 0.223 e. The minimum absolute atomic E-state index is 0. The fourth-order valence-corrected chi connectivity index (χ4v) is 3.09. The van der Waals surface area contributed by atoms with Gasteiger partial charge < -0.3 is 15.4 Å². The van der Waals surface area contributed by atoms with Crippen molar-refractivity contribution < 1.29 is 13.9 Å². The van der Waals surface area contributed by atoms with Crippen LogP contribution in [-0.2, 0) is 9.53 Å². The monoisotopic (exact) mass is 342 g/mol. The molecule has 0 aliphatic carbocycles. The van der Waals surface area contributed by atoms with E-state index in [0.717, 1.165) is 38.1 Å². The molecule has 3 unspecified atom stereocenters. The molecule has 4 nitrogen and oxygen atoms in total. The van der Waals surface area contributed by atoms with Crippen molar-refractivity contribution in [1.82, 2.24) is 10.6 Å². The van der Waals surface area contributed by atoms with Gasteiger partial charge in [0, 0.05) is 12.5 Å².